The number of aromatic amines is 1. The lowest BCUT2D eigenvalue weighted by Crippen LogP contribution is -2.51. The van der Waals surface area contributed by atoms with Crippen molar-refractivity contribution in [1.29, 1.82) is 0 Å². The van der Waals surface area contributed by atoms with Crippen molar-refractivity contribution in [2.75, 3.05) is 29.4 Å². The van der Waals surface area contributed by atoms with E-state index in [1.807, 2.05) is 13.8 Å². The van der Waals surface area contributed by atoms with Crippen molar-refractivity contribution in [2.24, 2.45) is 0 Å². The Bertz CT molecular complexity index is 1090. The van der Waals surface area contributed by atoms with Crippen LogP contribution in [0.4, 0.5) is 20.7 Å². The van der Waals surface area contributed by atoms with E-state index >= 15 is 0 Å². The number of urea groups is 1. The van der Waals surface area contributed by atoms with Crippen LogP contribution in [0.15, 0.2) is 18.2 Å². The first kappa shape index (κ1) is 22.9. The van der Waals surface area contributed by atoms with Crippen LogP contribution in [-0.2, 0) is 16.9 Å². The molecule has 2 aromatic rings. The quantitative estimate of drug-likeness (QED) is 0.571. The molecule has 1 aromatic heterocycles. The normalized spacial score (nSPS) is 19.2. The third-order valence-corrected chi connectivity index (χ3v) is 10.1. The number of nitrogens with one attached hydrogen (secondary N) is 3. The molecule has 0 spiro atoms. The highest BCUT2D eigenvalue weighted by Crippen LogP contribution is 2.60. The van der Waals surface area contributed by atoms with Crippen molar-refractivity contribution in [3.05, 3.63) is 40.3 Å². The van der Waals surface area contributed by atoms with E-state index < -0.39 is 27.4 Å². The first-order valence-electron chi connectivity index (χ1n) is 10.5. The lowest BCUT2D eigenvalue weighted by atomic mass is 9.83. The molecule has 0 radical (unpaired) electrons. The van der Waals surface area contributed by atoms with E-state index in [4.69, 9.17) is 11.6 Å². The van der Waals surface area contributed by atoms with Gasteiger partial charge in [0.2, 0.25) is 5.91 Å². The van der Waals surface area contributed by atoms with Crippen LogP contribution in [0.5, 0.6) is 0 Å². The Labute approximate surface area is 193 Å². The van der Waals surface area contributed by atoms with E-state index in [0.717, 1.165) is 30.5 Å². The molecule has 0 unspecified atom stereocenters. The molecule has 1 aliphatic carbocycles. The maximum absolute atomic E-state index is 13.6. The number of benzene rings is 1. The average molecular weight is 482 g/mol. The number of fused-ring (bicyclic) bond motifs is 1. The highest BCUT2D eigenvalue weighted by molar-refractivity contribution is 8.33. The third-order valence-electron chi connectivity index (χ3n) is 6.86. The minimum Gasteiger partial charge on any atom is -0.309 e. The van der Waals surface area contributed by atoms with Gasteiger partial charge in [0.05, 0.1) is 33.2 Å². The highest BCUT2D eigenvalue weighted by Gasteiger charge is 2.51. The van der Waals surface area contributed by atoms with Crippen LogP contribution in [-0.4, -0.2) is 50.5 Å². The number of halogens is 2. The molecule has 0 atom stereocenters. The van der Waals surface area contributed by atoms with E-state index in [0.29, 0.717) is 5.82 Å². The topological polar surface area (TPSA) is 90.1 Å². The van der Waals surface area contributed by atoms with E-state index in [2.05, 4.69) is 39.6 Å². The van der Waals surface area contributed by atoms with E-state index in [9.17, 15) is 14.0 Å². The largest absolute Gasteiger partial charge is 0.322 e. The van der Waals surface area contributed by atoms with Gasteiger partial charge in [-0.15, -0.1) is 0 Å². The van der Waals surface area contributed by atoms with Gasteiger partial charge in [0.15, 0.2) is 5.82 Å². The zero-order valence-corrected chi connectivity index (χ0v) is 20.5. The SMILES string of the molecule is CC1(C)c2[nH]nc(NC(=O)C3(S(C)(C)C)CCC3)c2CN1C(=O)Nc1cc(F)ccc1Cl. The monoisotopic (exact) mass is 481 g/mol. The van der Waals surface area contributed by atoms with Crippen molar-refractivity contribution in [3.8, 4) is 0 Å². The van der Waals surface area contributed by atoms with Crippen molar-refractivity contribution in [2.45, 2.75) is 49.9 Å². The molecule has 0 saturated heterocycles. The van der Waals surface area contributed by atoms with Gasteiger partial charge >= 0.3 is 6.03 Å². The van der Waals surface area contributed by atoms with Crippen LogP contribution in [0.3, 0.4) is 0 Å². The summed E-state index contributed by atoms with van der Waals surface area (Å²) < 4.78 is 13.3. The van der Waals surface area contributed by atoms with Crippen LogP contribution in [0.1, 0.15) is 44.4 Å². The lowest BCUT2D eigenvalue weighted by Gasteiger charge is -2.53. The summed E-state index contributed by atoms with van der Waals surface area (Å²) in [5.41, 5.74) is 1.04. The fourth-order valence-electron chi connectivity index (χ4n) is 4.56. The standard InChI is InChI=1S/C22H29ClFN5O2S/c1-21(2)17-14(12-29(21)20(31)25-16-11-13(24)7-8-15(16)23)18(28-27-17)26-19(30)22(9-6-10-22)32(3,4)5/h7-8,11H,6,9-10,12H2,1-5H3,(H,25,31)(H2,26,27,28,30). The number of carbonyl (C=O) groups is 2. The summed E-state index contributed by atoms with van der Waals surface area (Å²) in [5, 5.41) is 13.4. The Balaban J connectivity index is 1.55. The highest BCUT2D eigenvalue weighted by atomic mass is 35.5. The molecular formula is C22H29ClFN5O2S. The summed E-state index contributed by atoms with van der Waals surface area (Å²) in [6.45, 7) is 4.03. The summed E-state index contributed by atoms with van der Waals surface area (Å²) in [5.74, 6) is -0.0180. The maximum Gasteiger partial charge on any atom is 0.322 e. The van der Waals surface area contributed by atoms with Crippen LogP contribution >= 0.6 is 21.6 Å². The first-order valence-corrected chi connectivity index (χ1v) is 13.7. The molecule has 0 bridgehead atoms. The van der Waals surface area contributed by atoms with Gasteiger partial charge in [0.25, 0.3) is 0 Å². The number of carbonyl (C=O) groups excluding carboxylic acids is 2. The Hall–Kier alpha value is -2.26. The molecule has 1 aromatic carbocycles. The zero-order valence-electron chi connectivity index (χ0n) is 18.9. The molecule has 10 heteroatoms. The van der Waals surface area contributed by atoms with Crippen molar-refractivity contribution in [1.82, 2.24) is 15.1 Å². The summed E-state index contributed by atoms with van der Waals surface area (Å²) in [7, 11) is -1.10. The van der Waals surface area contributed by atoms with E-state index in [1.165, 1.54) is 18.2 Å². The molecule has 1 fully saturated rings. The van der Waals surface area contributed by atoms with Gasteiger partial charge in [0, 0.05) is 5.56 Å². The van der Waals surface area contributed by atoms with Crippen molar-refractivity contribution < 1.29 is 14.0 Å². The van der Waals surface area contributed by atoms with Crippen LogP contribution in [0.25, 0.3) is 0 Å². The third kappa shape index (κ3) is 3.55. The molecule has 2 heterocycles. The Morgan fingerprint density at radius 1 is 1.22 bits per heavy atom. The first-order chi connectivity index (χ1) is 14.9. The summed E-state index contributed by atoms with van der Waals surface area (Å²) in [4.78, 5) is 27.9. The molecule has 3 N–H and O–H groups in total. The second-order valence-electron chi connectivity index (χ2n) is 9.76. The molecule has 174 valence electrons. The summed E-state index contributed by atoms with van der Waals surface area (Å²) >= 11 is 6.11. The molecular weight excluding hydrogens is 453 g/mol. The van der Waals surface area contributed by atoms with Crippen molar-refractivity contribution in [3.63, 3.8) is 0 Å². The summed E-state index contributed by atoms with van der Waals surface area (Å²) in [6.07, 6.45) is 9.35. The number of anilines is 2. The van der Waals surface area contributed by atoms with Gasteiger partial charge in [-0.05, 0) is 70.1 Å². The Morgan fingerprint density at radius 3 is 2.50 bits per heavy atom. The minimum absolute atomic E-state index is 0.00722. The number of amides is 3. The predicted molar refractivity (Wildman–Crippen MR) is 128 cm³/mol. The average Bonchev–Trinajstić information content (AvgIpc) is 3.14. The van der Waals surface area contributed by atoms with Gasteiger partial charge in [-0.2, -0.15) is 5.10 Å². The predicted octanol–water partition coefficient (Wildman–Crippen LogP) is 5.04. The van der Waals surface area contributed by atoms with Crippen molar-refractivity contribution >= 4 is 45.1 Å². The van der Waals surface area contributed by atoms with E-state index in [1.54, 1.807) is 4.90 Å². The molecule has 4 rings (SSSR count). The number of H-pyrrole nitrogens is 1. The number of nitrogens with zero attached hydrogens (tertiary/aromatic N) is 2. The number of hydrogen-bond acceptors (Lipinski definition) is 3. The van der Waals surface area contributed by atoms with Crippen LogP contribution in [0.2, 0.25) is 5.02 Å². The molecule has 1 aliphatic heterocycles. The van der Waals surface area contributed by atoms with Gasteiger partial charge in [-0.25, -0.2) is 19.2 Å². The zero-order chi connectivity index (χ0) is 23.5. The lowest BCUT2D eigenvalue weighted by molar-refractivity contribution is -0.120. The summed E-state index contributed by atoms with van der Waals surface area (Å²) in [6, 6.07) is 3.40. The number of hydrogen-bond donors (Lipinski definition) is 3. The van der Waals surface area contributed by atoms with E-state index in [-0.39, 0.29) is 27.9 Å². The van der Waals surface area contributed by atoms with Gasteiger partial charge in [0.1, 0.15) is 5.82 Å². The molecule has 2 aliphatic rings. The Kier molecular flexibility index (Phi) is 5.48. The second kappa shape index (κ2) is 7.66. The van der Waals surface area contributed by atoms with Gasteiger partial charge in [-0.1, -0.05) is 11.6 Å². The smallest absolute Gasteiger partial charge is 0.309 e. The number of rotatable bonds is 4. The fraction of sp³-hybridized carbons (Fsp3) is 0.500. The molecule has 1 saturated carbocycles. The maximum atomic E-state index is 13.6. The molecule has 7 nitrogen and oxygen atoms in total. The van der Waals surface area contributed by atoms with Gasteiger partial charge < -0.3 is 15.5 Å². The van der Waals surface area contributed by atoms with Crippen LogP contribution in [0, 0.1) is 5.82 Å². The van der Waals surface area contributed by atoms with Gasteiger partial charge in [-0.3, -0.25) is 9.89 Å². The molecule has 32 heavy (non-hydrogen) atoms. The Morgan fingerprint density at radius 2 is 1.91 bits per heavy atom. The second-order valence-corrected chi connectivity index (χ2v) is 14.6. The fourth-order valence-corrected chi connectivity index (χ4v) is 6.84. The molecule has 3 amide bonds. The minimum atomic E-state index is -1.10. The number of aromatic nitrogens is 2. The van der Waals surface area contributed by atoms with Crippen LogP contribution < -0.4 is 10.6 Å².